The third kappa shape index (κ3) is 23.0. The SMILES string of the molecule is CC1OC(O[C@H]2/C=C/C=C/C=C/C=C/C=C/C=C/C=C/C[C@@H](O)CCOC(=O)C[C@H](O)C[C@H](O)CC[C@@H](O)CC[C@H](O)CC(O)(O)CC[C@@H](C(=O)O)CC2)C(O)C(N)C1O. The number of aliphatic hydroxyl groups excluding tert-OH is 7. The molecule has 340 valence electrons. The molecule has 12 N–H and O–H groups in total. The van der Waals surface area contributed by atoms with Gasteiger partial charge in [-0.15, -0.1) is 0 Å². The Hall–Kier alpha value is -3.36. The number of carbonyl (C=O) groups excluding carboxylic acids is 1. The van der Waals surface area contributed by atoms with E-state index in [9.17, 15) is 60.7 Å². The lowest BCUT2D eigenvalue weighted by Crippen LogP contribution is -2.61. The van der Waals surface area contributed by atoms with E-state index in [2.05, 4.69) is 0 Å². The number of hydrogen-bond acceptors (Lipinski definition) is 15. The fraction of sp³-hybridized carbons (Fsp3) is 0.636. The lowest BCUT2D eigenvalue weighted by Gasteiger charge is -2.40. The molecule has 0 aliphatic carbocycles. The average molecular weight is 852 g/mol. The van der Waals surface area contributed by atoms with E-state index in [1.807, 2.05) is 30.4 Å². The molecule has 60 heavy (non-hydrogen) atoms. The maximum absolute atomic E-state index is 12.2. The molecule has 0 aromatic rings. The van der Waals surface area contributed by atoms with Gasteiger partial charge in [0.1, 0.15) is 6.10 Å². The second-order valence-corrected chi connectivity index (χ2v) is 15.6. The van der Waals surface area contributed by atoms with Crippen molar-refractivity contribution in [2.75, 3.05) is 6.61 Å². The molecular weight excluding hydrogens is 782 g/mol. The van der Waals surface area contributed by atoms with Gasteiger partial charge in [0, 0.05) is 19.3 Å². The molecule has 2 aliphatic heterocycles. The highest BCUT2D eigenvalue weighted by molar-refractivity contribution is 5.70. The summed E-state index contributed by atoms with van der Waals surface area (Å²) in [4.78, 5) is 24.4. The molecule has 2 heterocycles. The molecule has 0 aromatic heterocycles. The fourth-order valence-electron chi connectivity index (χ4n) is 6.56. The van der Waals surface area contributed by atoms with Crippen molar-refractivity contribution in [1.82, 2.24) is 0 Å². The minimum absolute atomic E-state index is 0.0168. The van der Waals surface area contributed by atoms with Gasteiger partial charge in [-0.1, -0.05) is 85.1 Å². The van der Waals surface area contributed by atoms with Crippen molar-refractivity contribution in [3.63, 3.8) is 0 Å². The number of ether oxygens (including phenoxy) is 3. The molecule has 16 nitrogen and oxygen atoms in total. The number of rotatable bonds is 3. The zero-order chi connectivity index (χ0) is 44.5. The number of allylic oxidation sites excluding steroid dienone is 12. The van der Waals surface area contributed by atoms with E-state index in [-0.39, 0.29) is 77.2 Å². The van der Waals surface area contributed by atoms with E-state index < -0.39 is 97.3 Å². The Morgan fingerprint density at radius 3 is 1.88 bits per heavy atom. The minimum atomic E-state index is -2.42. The van der Waals surface area contributed by atoms with Crippen molar-refractivity contribution in [3.05, 3.63) is 85.1 Å². The molecule has 2 aliphatic rings. The van der Waals surface area contributed by atoms with Crippen LogP contribution in [0.4, 0.5) is 0 Å². The van der Waals surface area contributed by atoms with Gasteiger partial charge in [-0.25, -0.2) is 0 Å². The number of carboxylic acid groups (broad SMARTS) is 1. The van der Waals surface area contributed by atoms with Gasteiger partial charge in [0.25, 0.3) is 0 Å². The summed E-state index contributed by atoms with van der Waals surface area (Å²) < 4.78 is 16.8. The highest BCUT2D eigenvalue weighted by Crippen LogP contribution is 2.27. The molecule has 16 heteroatoms. The van der Waals surface area contributed by atoms with Crippen molar-refractivity contribution >= 4 is 11.9 Å². The number of nitrogens with two attached hydrogens (primary N) is 1. The molecule has 0 amide bonds. The van der Waals surface area contributed by atoms with Gasteiger partial charge in [0.2, 0.25) is 0 Å². The number of hydrogen-bond donors (Lipinski definition) is 11. The van der Waals surface area contributed by atoms with Crippen molar-refractivity contribution in [2.24, 2.45) is 11.7 Å². The van der Waals surface area contributed by atoms with Crippen LogP contribution >= 0.6 is 0 Å². The zero-order valence-corrected chi connectivity index (χ0v) is 34.5. The molecule has 0 bridgehead atoms. The van der Waals surface area contributed by atoms with Gasteiger partial charge >= 0.3 is 11.9 Å². The van der Waals surface area contributed by atoms with E-state index in [1.54, 1.807) is 61.6 Å². The van der Waals surface area contributed by atoms with Crippen LogP contribution in [-0.2, 0) is 23.8 Å². The van der Waals surface area contributed by atoms with E-state index >= 15 is 0 Å². The van der Waals surface area contributed by atoms with Crippen LogP contribution in [0.5, 0.6) is 0 Å². The Morgan fingerprint density at radius 1 is 0.700 bits per heavy atom. The number of cyclic esters (lactones) is 1. The maximum Gasteiger partial charge on any atom is 0.308 e. The third-order valence-electron chi connectivity index (χ3n) is 10.2. The Morgan fingerprint density at radius 2 is 1.27 bits per heavy atom. The first-order valence-electron chi connectivity index (χ1n) is 20.8. The molecule has 0 spiro atoms. The summed E-state index contributed by atoms with van der Waals surface area (Å²) >= 11 is 0. The van der Waals surface area contributed by atoms with Crippen molar-refractivity contribution in [2.45, 2.75) is 163 Å². The smallest absolute Gasteiger partial charge is 0.308 e. The summed E-state index contributed by atoms with van der Waals surface area (Å²) in [6.45, 7) is 1.55. The molecule has 5 unspecified atom stereocenters. The molecule has 1 fully saturated rings. The predicted molar refractivity (Wildman–Crippen MR) is 222 cm³/mol. The first-order chi connectivity index (χ1) is 28.5. The normalized spacial score (nSPS) is 38.7. The second-order valence-electron chi connectivity index (χ2n) is 15.6. The van der Waals surface area contributed by atoms with Crippen molar-refractivity contribution < 1.29 is 74.9 Å². The highest BCUT2D eigenvalue weighted by Gasteiger charge is 2.42. The Labute approximate surface area is 353 Å². The monoisotopic (exact) mass is 851 g/mol. The third-order valence-corrected chi connectivity index (χ3v) is 10.2. The van der Waals surface area contributed by atoms with Crippen LogP contribution in [-0.4, -0.2) is 143 Å². The molecule has 2 rings (SSSR count). The summed E-state index contributed by atoms with van der Waals surface area (Å²) in [6, 6.07) is -1.04. The van der Waals surface area contributed by atoms with Crippen LogP contribution in [0.15, 0.2) is 85.1 Å². The molecule has 12 atom stereocenters. The number of aliphatic carboxylic acids is 1. The van der Waals surface area contributed by atoms with Crippen LogP contribution < -0.4 is 5.73 Å². The van der Waals surface area contributed by atoms with Gasteiger partial charge in [-0.2, -0.15) is 0 Å². The van der Waals surface area contributed by atoms with Gasteiger partial charge < -0.3 is 71.0 Å². The highest BCUT2D eigenvalue weighted by atomic mass is 16.7. The first-order valence-corrected chi connectivity index (χ1v) is 20.8. The number of esters is 1. The van der Waals surface area contributed by atoms with E-state index in [1.165, 1.54) is 0 Å². The number of carboxylic acids is 1. The Bertz CT molecular complexity index is 1440. The van der Waals surface area contributed by atoms with Crippen LogP contribution in [0.1, 0.15) is 90.4 Å². The van der Waals surface area contributed by atoms with E-state index in [0.29, 0.717) is 6.42 Å². The minimum Gasteiger partial charge on any atom is -0.481 e. The number of aliphatic hydroxyl groups is 9. The molecule has 1 saturated heterocycles. The average Bonchev–Trinajstić information content (AvgIpc) is 3.17. The summed E-state index contributed by atoms with van der Waals surface area (Å²) in [7, 11) is 0. The van der Waals surface area contributed by atoms with Gasteiger partial charge in [-0.3, -0.25) is 9.59 Å². The van der Waals surface area contributed by atoms with Crippen LogP contribution in [0.25, 0.3) is 0 Å². The second kappa shape index (κ2) is 29.0. The topological polar surface area (TPSA) is 290 Å². The van der Waals surface area contributed by atoms with E-state index in [4.69, 9.17) is 19.9 Å². The largest absolute Gasteiger partial charge is 0.481 e. The summed E-state index contributed by atoms with van der Waals surface area (Å²) in [5, 5.41) is 104. The summed E-state index contributed by atoms with van der Waals surface area (Å²) in [5.41, 5.74) is 5.98. The zero-order valence-electron chi connectivity index (χ0n) is 34.5. The van der Waals surface area contributed by atoms with Crippen molar-refractivity contribution in [3.8, 4) is 0 Å². The number of carbonyl (C=O) groups is 2. The Balaban J connectivity index is 2.15. The summed E-state index contributed by atoms with van der Waals surface area (Å²) in [6.07, 6.45) is 13.9. The molecule has 0 radical (unpaired) electrons. The van der Waals surface area contributed by atoms with Crippen LogP contribution in [0.2, 0.25) is 0 Å². The van der Waals surface area contributed by atoms with Gasteiger partial charge in [0.15, 0.2) is 12.1 Å². The van der Waals surface area contributed by atoms with E-state index in [0.717, 1.165) is 0 Å². The molecular formula is C44H69NO15. The fourth-order valence-corrected chi connectivity index (χ4v) is 6.56. The predicted octanol–water partition coefficient (Wildman–Crippen LogP) is 1.87. The Kier molecular flexibility index (Phi) is 25.5. The van der Waals surface area contributed by atoms with Gasteiger partial charge in [-0.05, 0) is 64.7 Å². The first kappa shape index (κ1) is 52.8. The van der Waals surface area contributed by atoms with Gasteiger partial charge in [0.05, 0.1) is 73.8 Å². The molecule has 0 saturated carbocycles. The van der Waals surface area contributed by atoms with Crippen molar-refractivity contribution in [1.29, 1.82) is 0 Å². The standard InChI is InChI=1S/C44H69NO15/c1-30-40(52)39(45)41(53)43(59-30)60-37-16-14-12-10-8-6-4-2-3-5-7-9-11-13-15-32(46)24-26-58-38(51)28-36(50)27-34(48)20-18-33(47)19-21-35(49)29-44(56,57)25-23-31(17-22-37)42(54)55/h2-14,16,30-37,39-41,43,46-50,52-53,56-57H,15,17-29,45H2,1H3,(H,54,55)/b4-2+,5-3+,8-6+,9-7+,12-10+,13-11+,16-14+/t30?,31-,32+,33+,34+,35-,36+,37-,39?,40?,41?,43?/m0/s1. The lowest BCUT2D eigenvalue weighted by atomic mass is 9.91. The van der Waals surface area contributed by atoms with Crippen LogP contribution in [0, 0.1) is 5.92 Å². The maximum atomic E-state index is 12.2. The summed E-state index contributed by atoms with van der Waals surface area (Å²) in [5.74, 6) is -5.31. The lowest BCUT2D eigenvalue weighted by molar-refractivity contribution is -0.276. The molecule has 0 aromatic carbocycles. The van der Waals surface area contributed by atoms with Crippen LogP contribution in [0.3, 0.4) is 0 Å². The quantitative estimate of drug-likeness (QED) is 0.143.